The molecular formula is C14H22FNO2. The SMILES string of the molecule is COc1ccc(N(C)CC(CO)C(C)C)cc1F. The standard InChI is InChI=1S/C14H22FNO2/c1-10(2)11(9-17)8-16(3)12-5-6-14(18-4)13(15)7-12/h5-7,10-11,17H,8-9H2,1-4H3. The Morgan fingerprint density at radius 2 is 2.06 bits per heavy atom. The number of ether oxygens (including phenoxy) is 1. The molecule has 1 unspecified atom stereocenters. The van der Waals surface area contributed by atoms with Crippen molar-refractivity contribution in [3.63, 3.8) is 0 Å². The molecule has 102 valence electrons. The van der Waals surface area contributed by atoms with Crippen molar-refractivity contribution >= 4 is 5.69 Å². The van der Waals surface area contributed by atoms with Crippen molar-refractivity contribution < 1.29 is 14.2 Å². The zero-order chi connectivity index (χ0) is 13.7. The van der Waals surface area contributed by atoms with E-state index in [1.54, 1.807) is 6.07 Å². The highest BCUT2D eigenvalue weighted by Crippen LogP contribution is 2.24. The summed E-state index contributed by atoms with van der Waals surface area (Å²) in [7, 11) is 3.34. The Hall–Kier alpha value is -1.29. The van der Waals surface area contributed by atoms with E-state index in [1.165, 1.54) is 13.2 Å². The highest BCUT2D eigenvalue weighted by molar-refractivity contribution is 5.49. The molecule has 0 saturated heterocycles. The molecule has 0 heterocycles. The van der Waals surface area contributed by atoms with E-state index in [-0.39, 0.29) is 24.1 Å². The maximum atomic E-state index is 13.6. The summed E-state index contributed by atoms with van der Waals surface area (Å²) < 4.78 is 18.5. The average molecular weight is 255 g/mol. The van der Waals surface area contributed by atoms with Gasteiger partial charge >= 0.3 is 0 Å². The van der Waals surface area contributed by atoms with Crippen LogP contribution in [0.3, 0.4) is 0 Å². The van der Waals surface area contributed by atoms with Crippen LogP contribution in [0.25, 0.3) is 0 Å². The molecule has 1 aromatic carbocycles. The van der Waals surface area contributed by atoms with Crippen LogP contribution in [0.5, 0.6) is 5.75 Å². The first-order valence-electron chi connectivity index (χ1n) is 6.15. The van der Waals surface area contributed by atoms with Gasteiger partial charge in [0.1, 0.15) is 0 Å². The summed E-state index contributed by atoms with van der Waals surface area (Å²) in [6.07, 6.45) is 0. The number of rotatable bonds is 6. The topological polar surface area (TPSA) is 32.7 Å². The van der Waals surface area contributed by atoms with Crippen molar-refractivity contribution in [3.05, 3.63) is 24.0 Å². The van der Waals surface area contributed by atoms with E-state index in [0.29, 0.717) is 12.5 Å². The van der Waals surface area contributed by atoms with Crippen LogP contribution in [0.15, 0.2) is 18.2 Å². The van der Waals surface area contributed by atoms with E-state index in [0.717, 1.165) is 5.69 Å². The fraction of sp³-hybridized carbons (Fsp3) is 0.571. The zero-order valence-corrected chi connectivity index (χ0v) is 11.5. The van der Waals surface area contributed by atoms with Gasteiger partial charge in [-0.2, -0.15) is 0 Å². The fourth-order valence-electron chi connectivity index (χ4n) is 1.83. The van der Waals surface area contributed by atoms with Gasteiger partial charge in [0.2, 0.25) is 0 Å². The normalized spacial score (nSPS) is 12.6. The third-order valence-electron chi connectivity index (χ3n) is 3.26. The Labute approximate surface area is 108 Å². The average Bonchev–Trinajstić information content (AvgIpc) is 2.35. The summed E-state index contributed by atoms with van der Waals surface area (Å²) in [4.78, 5) is 1.95. The molecule has 1 atom stereocenters. The Balaban J connectivity index is 2.77. The monoisotopic (exact) mass is 255 g/mol. The molecule has 1 rings (SSSR count). The number of nitrogens with zero attached hydrogens (tertiary/aromatic N) is 1. The van der Waals surface area contributed by atoms with Gasteiger partial charge in [0.25, 0.3) is 0 Å². The number of methoxy groups -OCH3 is 1. The van der Waals surface area contributed by atoms with Gasteiger partial charge in [-0.1, -0.05) is 13.8 Å². The first kappa shape index (κ1) is 14.8. The van der Waals surface area contributed by atoms with Crippen molar-refractivity contribution in [1.29, 1.82) is 0 Å². The quantitative estimate of drug-likeness (QED) is 0.848. The summed E-state index contributed by atoms with van der Waals surface area (Å²) in [5.41, 5.74) is 0.785. The van der Waals surface area contributed by atoms with Gasteiger partial charge in [0.15, 0.2) is 11.6 Å². The second kappa shape index (κ2) is 6.59. The molecule has 0 fully saturated rings. The minimum atomic E-state index is -0.369. The van der Waals surface area contributed by atoms with Gasteiger partial charge in [0, 0.05) is 37.9 Å². The summed E-state index contributed by atoms with van der Waals surface area (Å²) in [5, 5.41) is 9.31. The van der Waals surface area contributed by atoms with Crippen LogP contribution in [-0.4, -0.2) is 32.4 Å². The molecule has 0 amide bonds. The molecular weight excluding hydrogens is 233 g/mol. The van der Waals surface area contributed by atoms with Crippen LogP contribution in [0.2, 0.25) is 0 Å². The number of anilines is 1. The van der Waals surface area contributed by atoms with Gasteiger partial charge in [-0.25, -0.2) is 4.39 Å². The molecule has 0 radical (unpaired) electrons. The maximum Gasteiger partial charge on any atom is 0.167 e. The summed E-state index contributed by atoms with van der Waals surface area (Å²) in [6.45, 7) is 4.98. The van der Waals surface area contributed by atoms with Gasteiger partial charge in [-0.3, -0.25) is 0 Å². The lowest BCUT2D eigenvalue weighted by molar-refractivity contribution is 0.193. The van der Waals surface area contributed by atoms with Crippen LogP contribution in [0.4, 0.5) is 10.1 Å². The lowest BCUT2D eigenvalue weighted by Crippen LogP contribution is -2.30. The number of halogens is 1. The Kier molecular flexibility index (Phi) is 5.41. The van der Waals surface area contributed by atoms with Crippen LogP contribution in [0.1, 0.15) is 13.8 Å². The summed E-state index contributed by atoms with van der Waals surface area (Å²) >= 11 is 0. The van der Waals surface area contributed by atoms with E-state index in [4.69, 9.17) is 4.74 Å². The maximum absolute atomic E-state index is 13.6. The molecule has 0 aliphatic carbocycles. The summed E-state index contributed by atoms with van der Waals surface area (Å²) in [6, 6.07) is 4.88. The third kappa shape index (κ3) is 3.60. The van der Waals surface area contributed by atoms with Crippen molar-refractivity contribution in [1.82, 2.24) is 0 Å². The van der Waals surface area contributed by atoms with Crippen LogP contribution in [-0.2, 0) is 0 Å². The number of hydrogen-bond acceptors (Lipinski definition) is 3. The molecule has 0 aromatic heterocycles. The van der Waals surface area contributed by atoms with E-state index in [1.807, 2.05) is 18.0 Å². The molecule has 4 heteroatoms. The fourth-order valence-corrected chi connectivity index (χ4v) is 1.83. The second-order valence-corrected chi connectivity index (χ2v) is 4.89. The van der Waals surface area contributed by atoms with E-state index in [9.17, 15) is 9.50 Å². The van der Waals surface area contributed by atoms with Crippen molar-refractivity contribution in [2.75, 3.05) is 32.2 Å². The zero-order valence-electron chi connectivity index (χ0n) is 11.5. The van der Waals surface area contributed by atoms with Gasteiger partial charge in [0.05, 0.1) is 7.11 Å². The Morgan fingerprint density at radius 1 is 1.39 bits per heavy atom. The highest BCUT2D eigenvalue weighted by atomic mass is 19.1. The molecule has 0 aliphatic rings. The van der Waals surface area contributed by atoms with E-state index >= 15 is 0 Å². The largest absolute Gasteiger partial charge is 0.494 e. The number of aliphatic hydroxyl groups excluding tert-OH is 1. The molecule has 0 saturated carbocycles. The van der Waals surface area contributed by atoms with E-state index < -0.39 is 0 Å². The minimum Gasteiger partial charge on any atom is -0.494 e. The van der Waals surface area contributed by atoms with Crippen molar-refractivity contribution in [2.45, 2.75) is 13.8 Å². The molecule has 0 spiro atoms. The lowest BCUT2D eigenvalue weighted by Gasteiger charge is -2.27. The number of hydrogen-bond donors (Lipinski definition) is 1. The number of aliphatic hydroxyl groups is 1. The summed E-state index contributed by atoms with van der Waals surface area (Å²) in [5.74, 6) is 0.447. The molecule has 3 nitrogen and oxygen atoms in total. The first-order chi connectivity index (χ1) is 8.49. The molecule has 1 N–H and O–H groups in total. The Morgan fingerprint density at radius 3 is 2.50 bits per heavy atom. The molecule has 18 heavy (non-hydrogen) atoms. The predicted molar refractivity (Wildman–Crippen MR) is 71.6 cm³/mol. The second-order valence-electron chi connectivity index (χ2n) is 4.89. The predicted octanol–water partition coefficient (Wildman–Crippen LogP) is 2.54. The molecule has 0 aliphatic heterocycles. The van der Waals surface area contributed by atoms with Gasteiger partial charge < -0.3 is 14.7 Å². The van der Waals surface area contributed by atoms with E-state index in [2.05, 4.69) is 13.8 Å². The lowest BCUT2D eigenvalue weighted by atomic mass is 9.96. The molecule has 1 aromatic rings. The smallest absolute Gasteiger partial charge is 0.167 e. The third-order valence-corrected chi connectivity index (χ3v) is 3.26. The number of benzene rings is 1. The Bertz CT molecular complexity index is 382. The van der Waals surface area contributed by atoms with Crippen LogP contribution < -0.4 is 9.64 Å². The van der Waals surface area contributed by atoms with Gasteiger partial charge in [-0.05, 0) is 18.1 Å². The van der Waals surface area contributed by atoms with Crippen molar-refractivity contribution in [3.8, 4) is 5.75 Å². The van der Waals surface area contributed by atoms with Crippen LogP contribution in [0, 0.1) is 17.7 Å². The first-order valence-corrected chi connectivity index (χ1v) is 6.15. The highest BCUT2D eigenvalue weighted by Gasteiger charge is 2.16. The van der Waals surface area contributed by atoms with Gasteiger partial charge in [-0.15, -0.1) is 0 Å². The van der Waals surface area contributed by atoms with Crippen LogP contribution >= 0.6 is 0 Å². The minimum absolute atomic E-state index is 0.140. The van der Waals surface area contributed by atoms with Crippen molar-refractivity contribution in [2.24, 2.45) is 11.8 Å². The molecule has 0 bridgehead atoms.